The van der Waals surface area contributed by atoms with E-state index in [1.807, 2.05) is 0 Å². The molecule has 3 rings (SSSR count). The number of methoxy groups -OCH3 is 1. The number of rotatable bonds is 6. The average molecular weight is 438 g/mol. The van der Waals surface area contributed by atoms with Gasteiger partial charge < -0.3 is 10.1 Å². The van der Waals surface area contributed by atoms with Crippen LogP contribution in [0.5, 0.6) is 5.75 Å². The van der Waals surface area contributed by atoms with Crippen LogP contribution in [0.2, 0.25) is 0 Å². The number of ether oxygens (including phenoxy) is 1. The number of nitrogens with one attached hydrogen (secondary N) is 1. The minimum absolute atomic E-state index is 0.00995. The van der Waals surface area contributed by atoms with E-state index in [4.69, 9.17) is 4.74 Å². The summed E-state index contributed by atoms with van der Waals surface area (Å²) in [5.74, 6) is -1.83. The molecule has 2 aromatic carbocycles. The van der Waals surface area contributed by atoms with Crippen molar-refractivity contribution in [2.24, 2.45) is 5.92 Å². The van der Waals surface area contributed by atoms with Gasteiger partial charge in [-0.1, -0.05) is 12.1 Å². The van der Waals surface area contributed by atoms with Crippen molar-refractivity contribution < 1.29 is 26.7 Å². The molecule has 0 spiro atoms. The molecule has 0 saturated carbocycles. The van der Waals surface area contributed by atoms with Crippen LogP contribution in [0.4, 0.5) is 8.78 Å². The van der Waals surface area contributed by atoms with E-state index in [1.165, 1.54) is 29.6 Å². The first-order valence-corrected chi connectivity index (χ1v) is 11.1. The van der Waals surface area contributed by atoms with Crippen LogP contribution in [0.25, 0.3) is 0 Å². The van der Waals surface area contributed by atoms with E-state index >= 15 is 0 Å². The summed E-state index contributed by atoms with van der Waals surface area (Å²) in [6.45, 7) is 2.00. The second-order valence-corrected chi connectivity index (χ2v) is 9.19. The number of sulfonamides is 1. The Kier molecular flexibility index (Phi) is 6.72. The summed E-state index contributed by atoms with van der Waals surface area (Å²) in [4.78, 5) is 12.5. The van der Waals surface area contributed by atoms with Gasteiger partial charge in [-0.05, 0) is 55.7 Å². The van der Waals surface area contributed by atoms with Crippen molar-refractivity contribution in [3.05, 3.63) is 59.7 Å². The topological polar surface area (TPSA) is 75.7 Å². The van der Waals surface area contributed by atoms with Gasteiger partial charge in [0, 0.05) is 13.1 Å². The molecule has 30 heavy (non-hydrogen) atoms. The number of amides is 1. The lowest BCUT2D eigenvalue weighted by atomic mass is 9.98. The van der Waals surface area contributed by atoms with Crippen LogP contribution >= 0.6 is 0 Å². The molecule has 0 unspecified atom stereocenters. The molecule has 162 valence electrons. The summed E-state index contributed by atoms with van der Waals surface area (Å²) in [6.07, 6.45) is 1.04. The van der Waals surface area contributed by atoms with Gasteiger partial charge in [0.2, 0.25) is 15.9 Å². The number of hydrogen-bond donors (Lipinski definition) is 1. The zero-order valence-electron chi connectivity index (χ0n) is 16.8. The number of hydrogen-bond acceptors (Lipinski definition) is 4. The summed E-state index contributed by atoms with van der Waals surface area (Å²) in [5.41, 5.74) is 0.745. The molecule has 2 atom stereocenters. The molecule has 0 aromatic heterocycles. The predicted molar refractivity (Wildman–Crippen MR) is 107 cm³/mol. The van der Waals surface area contributed by atoms with Crippen LogP contribution in [0.15, 0.2) is 47.4 Å². The van der Waals surface area contributed by atoms with Crippen LogP contribution in [0.3, 0.4) is 0 Å². The molecule has 1 heterocycles. The molecule has 1 N–H and O–H groups in total. The Morgan fingerprint density at radius 3 is 2.50 bits per heavy atom. The molecular formula is C21H24F2N2O4S. The molecule has 6 nitrogen and oxygen atoms in total. The summed E-state index contributed by atoms with van der Waals surface area (Å²) in [5, 5.41) is 2.86. The Morgan fingerprint density at radius 1 is 1.17 bits per heavy atom. The first-order valence-electron chi connectivity index (χ1n) is 9.62. The van der Waals surface area contributed by atoms with E-state index in [2.05, 4.69) is 5.32 Å². The van der Waals surface area contributed by atoms with Crippen LogP contribution in [0, 0.1) is 17.6 Å². The lowest BCUT2D eigenvalue weighted by molar-refractivity contribution is -0.126. The SMILES string of the molecule is COc1ccc(F)cc1S(=O)(=O)N1CCC[C@H](C(=O)N[C@H](C)c2ccc(F)cc2)C1. The van der Waals surface area contributed by atoms with Crippen LogP contribution in [-0.2, 0) is 14.8 Å². The van der Waals surface area contributed by atoms with Crippen LogP contribution in [-0.4, -0.2) is 38.8 Å². The zero-order valence-corrected chi connectivity index (χ0v) is 17.6. The highest BCUT2D eigenvalue weighted by molar-refractivity contribution is 7.89. The fourth-order valence-electron chi connectivity index (χ4n) is 3.53. The van der Waals surface area contributed by atoms with Crippen molar-refractivity contribution >= 4 is 15.9 Å². The fraction of sp³-hybridized carbons (Fsp3) is 0.381. The molecule has 1 fully saturated rings. The first-order chi connectivity index (χ1) is 14.2. The Morgan fingerprint density at radius 2 is 1.83 bits per heavy atom. The second kappa shape index (κ2) is 9.09. The third kappa shape index (κ3) is 4.79. The average Bonchev–Trinajstić information content (AvgIpc) is 2.74. The van der Waals surface area contributed by atoms with Gasteiger partial charge in [-0.15, -0.1) is 0 Å². The number of benzene rings is 2. The largest absolute Gasteiger partial charge is 0.495 e. The summed E-state index contributed by atoms with van der Waals surface area (Å²) >= 11 is 0. The fourth-order valence-corrected chi connectivity index (χ4v) is 5.22. The van der Waals surface area contributed by atoms with Gasteiger partial charge >= 0.3 is 0 Å². The Bertz CT molecular complexity index is 1010. The monoisotopic (exact) mass is 438 g/mol. The van der Waals surface area contributed by atoms with Gasteiger partial charge in [0.1, 0.15) is 22.3 Å². The molecule has 9 heteroatoms. The van der Waals surface area contributed by atoms with E-state index in [1.54, 1.807) is 19.1 Å². The summed E-state index contributed by atoms with van der Waals surface area (Å²) < 4.78 is 59.2. The quantitative estimate of drug-likeness (QED) is 0.751. The van der Waals surface area contributed by atoms with Gasteiger partial charge in [0.15, 0.2) is 0 Å². The molecule has 1 amide bonds. The van der Waals surface area contributed by atoms with E-state index in [-0.39, 0.29) is 41.5 Å². The summed E-state index contributed by atoms with van der Waals surface area (Å²) in [6, 6.07) is 8.78. The van der Waals surface area contributed by atoms with E-state index < -0.39 is 21.8 Å². The van der Waals surface area contributed by atoms with Crippen molar-refractivity contribution in [3.63, 3.8) is 0 Å². The number of piperidine rings is 1. The standard InChI is InChI=1S/C21H24F2N2O4S/c1-14(15-5-7-17(22)8-6-15)24-21(26)16-4-3-11-25(13-16)30(27,28)20-12-18(23)9-10-19(20)29-2/h5-10,12,14,16H,3-4,11,13H2,1-2H3,(H,24,26)/t14-,16+/m1/s1. The number of halogens is 2. The van der Waals surface area contributed by atoms with Crippen molar-refractivity contribution in [2.45, 2.75) is 30.7 Å². The molecular weight excluding hydrogens is 414 g/mol. The van der Waals surface area contributed by atoms with Crippen molar-refractivity contribution in [1.29, 1.82) is 0 Å². The molecule has 1 aliphatic rings. The molecule has 0 bridgehead atoms. The number of carbonyl (C=O) groups excluding carboxylic acids is 1. The lowest BCUT2D eigenvalue weighted by Gasteiger charge is -2.32. The molecule has 0 aliphatic carbocycles. The Balaban J connectivity index is 1.73. The smallest absolute Gasteiger partial charge is 0.246 e. The van der Waals surface area contributed by atoms with Gasteiger partial charge in [0.25, 0.3) is 0 Å². The minimum atomic E-state index is -4.03. The number of nitrogens with zero attached hydrogens (tertiary/aromatic N) is 1. The third-order valence-corrected chi connectivity index (χ3v) is 7.11. The van der Waals surface area contributed by atoms with Crippen molar-refractivity contribution in [1.82, 2.24) is 9.62 Å². The first kappa shape index (κ1) is 22.2. The molecule has 1 saturated heterocycles. The highest BCUT2D eigenvalue weighted by Gasteiger charge is 2.35. The zero-order chi connectivity index (χ0) is 21.9. The predicted octanol–water partition coefficient (Wildman–Crippen LogP) is 3.25. The highest BCUT2D eigenvalue weighted by Crippen LogP contribution is 2.30. The van der Waals surface area contributed by atoms with Gasteiger partial charge in [-0.25, -0.2) is 17.2 Å². The normalized spacial score (nSPS) is 18.6. The van der Waals surface area contributed by atoms with Crippen LogP contribution in [0.1, 0.15) is 31.4 Å². The molecule has 0 radical (unpaired) electrons. The number of carbonyl (C=O) groups is 1. The maximum absolute atomic E-state index is 13.7. The Labute approximate surface area is 174 Å². The van der Waals surface area contributed by atoms with Crippen molar-refractivity contribution in [2.75, 3.05) is 20.2 Å². The Hall–Kier alpha value is -2.52. The maximum atomic E-state index is 13.7. The minimum Gasteiger partial charge on any atom is -0.495 e. The van der Waals surface area contributed by atoms with Gasteiger partial charge in [-0.2, -0.15) is 4.31 Å². The maximum Gasteiger partial charge on any atom is 0.246 e. The molecule has 1 aliphatic heterocycles. The summed E-state index contributed by atoms with van der Waals surface area (Å²) in [7, 11) is -2.72. The van der Waals surface area contributed by atoms with E-state index in [0.29, 0.717) is 12.8 Å². The van der Waals surface area contributed by atoms with Crippen molar-refractivity contribution in [3.8, 4) is 5.75 Å². The second-order valence-electron chi connectivity index (χ2n) is 7.28. The van der Waals surface area contributed by atoms with E-state index in [0.717, 1.165) is 17.7 Å². The van der Waals surface area contributed by atoms with E-state index in [9.17, 15) is 22.0 Å². The van der Waals surface area contributed by atoms with Gasteiger partial charge in [0.05, 0.1) is 19.1 Å². The lowest BCUT2D eigenvalue weighted by Crippen LogP contribution is -2.45. The van der Waals surface area contributed by atoms with Gasteiger partial charge in [-0.3, -0.25) is 4.79 Å². The molecule has 2 aromatic rings. The third-order valence-electron chi connectivity index (χ3n) is 5.23. The highest BCUT2D eigenvalue weighted by atomic mass is 32.2. The van der Waals surface area contributed by atoms with Crippen LogP contribution < -0.4 is 10.1 Å².